The monoisotopic (exact) mass is 522 g/mol. The second kappa shape index (κ2) is 9.32. The van der Waals surface area contributed by atoms with Crippen molar-refractivity contribution in [1.29, 1.82) is 0 Å². The minimum atomic E-state index is -0.611. The summed E-state index contributed by atoms with van der Waals surface area (Å²) in [5.74, 6) is -0.209. The second-order valence-corrected chi connectivity index (χ2v) is 7.86. The van der Waals surface area contributed by atoms with Crippen molar-refractivity contribution in [1.82, 2.24) is 4.98 Å². The third-order valence-electron chi connectivity index (χ3n) is 3.66. The number of nitrogens with zero attached hydrogens (tertiary/aromatic N) is 1. The van der Waals surface area contributed by atoms with Crippen molar-refractivity contribution >= 4 is 61.2 Å². The number of hydrogen-bond donors (Lipinski definition) is 1. The normalized spacial score (nSPS) is 10.4. The highest BCUT2D eigenvalue weighted by molar-refractivity contribution is 9.11. The van der Waals surface area contributed by atoms with E-state index in [1.165, 1.54) is 0 Å². The molecule has 1 aromatic heterocycles. The lowest BCUT2D eigenvalue weighted by Gasteiger charge is -2.13. The number of esters is 1. The van der Waals surface area contributed by atoms with Gasteiger partial charge in [-0.3, -0.25) is 4.79 Å². The molecule has 0 atom stereocenters. The van der Waals surface area contributed by atoms with E-state index in [1.807, 2.05) is 0 Å². The molecule has 0 unspecified atom stereocenters. The van der Waals surface area contributed by atoms with E-state index in [0.717, 1.165) is 4.47 Å². The maximum Gasteiger partial charge on any atom is 0.345 e. The fraction of sp³-hybridized carbons (Fsp3) is 0.0500. The van der Waals surface area contributed by atoms with Crippen molar-refractivity contribution < 1.29 is 14.3 Å². The minimum absolute atomic E-state index is 0.0141. The molecular formula is C20H13Br2ClN2O3. The summed E-state index contributed by atoms with van der Waals surface area (Å²) in [5, 5.41) is 3.00. The molecule has 0 aliphatic heterocycles. The van der Waals surface area contributed by atoms with E-state index in [0.29, 0.717) is 15.9 Å². The number of rotatable bonds is 5. The summed E-state index contributed by atoms with van der Waals surface area (Å²) >= 11 is 12.9. The molecule has 5 nitrogen and oxygen atoms in total. The molecule has 8 heteroatoms. The van der Waals surface area contributed by atoms with Gasteiger partial charge in [-0.25, -0.2) is 9.78 Å². The Morgan fingerprint density at radius 3 is 2.54 bits per heavy atom. The molecule has 1 N–H and O–H groups in total. The molecule has 3 rings (SSSR count). The number of halogens is 3. The minimum Gasteiger partial charge on any atom is -0.421 e. The molecule has 0 radical (unpaired) electrons. The molecule has 142 valence electrons. The highest BCUT2D eigenvalue weighted by Crippen LogP contribution is 2.34. The lowest BCUT2D eigenvalue weighted by Crippen LogP contribution is -2.17. The highest BCUT2D eigenvalue weighted by atomic mass is 79.9. The van der Waals surface area contributed by atoms with E-state index in [-0.39, 0.29) is 28.7 Å². The Morgan fingerprint density at radius 1 is 1.07 bits per heavy atom. The first kappa shape index (κ1) is 20.5. The van der Waals surface area contributed by atoms with Crippen molar-refractivity contribution in [3.05, 3.63) is 85.9 Å². The van der Waals surface area contributed by atoms with Crippen molar-refractivity contribution in [2.75, 3.05) is 5.32 Å². The molecule has 0 aliphatic rings. The number of carbonyl (C=O) groups excluding carboxylic acids is 2. The Kier molecular flexibility index (Phi) is 6.83. The van der Waals surface area contributed by atoms with Crippen LogP contribution in [-0.4, -0.2) is 16.9 Å². The second-order valence-electron chi connectivity index (χ2n) is 5.69. The van der Waals surface area contributed by atoms with Crippen LogP contribution in [0.5, 0.6) is 5.75 Å². The molecule has 3 aromatic rings. The highest BCUT2D eigenvalue weighted by Gasteiger charge is 2.19. The molecule has 0 saturated carbocycles. The van der Waals surface area contributed by atoms with Crippen LogP contribution in [0, 0.1) is 0 Å². The smallest absolute Gasteiger partial charge is 0.345 e. The number of aromatic nitrogens is 1. The van der Waals surface area contributed by atoms with Gasteiger partial charge in [-0.2, -0.15) is 0 Å². The first-order valence-electron chi connectivity index (χ1n) is 8.09. The molecule has 0 aliphatic carbocycles. The summed E-state index contributed by atoms with van der Waals surface area (Å²) in [4.78, 5) is 29.0. The van der Waals surface area contributed by atoms with Crippen LogP contribution in [0.2, 0.25) is 5.02 Å². The lowest BCUT2D eigenvalue weighted by atomic mass is 10.1. The maximum absolute atomic E-state index is 12.6. The quantitative estimate of drug-likeness (QED) is 0.346. The van der Waals surface area contributed by atoms with Gasteiger partial charge in [0, 0.05) is 16.2 Å². The zero-order chi connectivity index (χ0) is 20.1. The van der Waals surface area contributed by atoms with E-state index in [2.05, 4.69) is 42.2 Å². The first-order chi connectivity index (χ1) is 13.4. The van der Waals surface area contributed by atoms with Crippen molar-refractivity contribution in [2.45, 2.75) is 6.42 Å². The molecule has 1 heterocycles. The Bertz CT molecular complexity index is 1030. The van der Waals surface area contributed by atoms with Crippen LogP contribution in [0.3, 0.4) is 0 Å². The summed E-state index contributed by atoms with van der Waals surface area (Å²) in [6, 6.07) is 15.3. The van der Waals surface area contributed by atoms with Crippen molar-refractivity contribution in [3.63, 3.8) is 0 Å². The molecule has 1 amide bonds. The largest absolute Gasteiger partial charge is 0.421 e. The summed E-state index contributed by atoms with van der Waals surface area (Å²) in [6.45, 7) is 0. The first-order valence-corrected chi connectivity index (χ1v) is 10.1. The zero-order valence-electron chi connectivity index (χ0n) is 14.3. The summed E-state index contributed by atoms with van der Waals surface area (Å²) in [7, 11) is 0. The van der Waals surface area contributed by atoms with Crippen molar-refractivity contribution in [3.8, 4) is 5.75 Å². The SMILES string of the molecule is O=C(Cc1cc(Br)cc(Br)c1OC(=O)c1ccccc1Cl)Nc1ccccn1. The number of carbonyl (C=O) groups is 2. The van der Waals surface area contributed by atoms with Crippen LogP contribution in [0.15, 0.2) is 69.7 Å². The molecule has 2 aromatic carbocycles. The van der Waals surface area contributed by atoms with E-state index in [9.17, 15) is 9.59 Å². The Balaban J connectivity index is 1.84. The van der Waals surface area contributed by atoms with Gasteiger partial charge in [0.1, 0.15) is 11.6 Å². The van der Waals surface area contributed by atoms with Gasteiger partial charge in [-0.1, -0.05) is 45.7 Å². The predicted octanol–water partition coefficient (Wildman–Crippen LogP) is 5.66. The molecule has 0 saturated heterocycles. The van der Waals surface area contributed by atoms with Gasteiger partial charge < -0.3 is 10.1 Å². The zero-order valence-corrected chi connectivity index (χ0v) is 18.2. The number of anilines is 1. The van der Waals surface area contributed by atoms with E-state index < -0.39 is 5.97 Å². The Labute approximate surface area is 183 Å². The van der Waals surface area contributed by atoms with Crippen molar-refractivity contribution in [2.24, 2.45) is 0 Å². The number of ether oxygens (including phenoxy) is 1. The van der Waals surface area contributed by atoms with E-state index >= 15 is 0 Å². The third kappa shape index (κ3) is 5.19. The number of nitrogens with one attached hydrogen (secondary N) is 1. The van der Waals surface area contributed by atoms with E-state index in [1.54, 1.807) is 60.8 Å². The third-order valence-corrected chi connectivity index (χ3v) is 5.03. The Hall–Kier alpha value is -2.22. The van der Waals surface area contributed by atoms with Gasteiger partial charge in [-0.05, 0) is 52.3 Å². The van der Waals surface area contributed by atoms with Crippen LogP contribution >= 0.6 is 43.5 Å². The van der Waals surface area contributed by atoms with Crippen LogP contribution in [0.4, 0.5) is 5.82 Å². The number of hydrogen-bond acceptors (Lipinski definition) is 4. The van der Waals surface area contributed by atoms with Crippen LogP contribution < -0.4 is 10.1 Å². The summed E-state index contributed by atoms with van der Waals surface area (Å²) in [6.07, 6.45) is 1.57. The number of benzene rings is 2. The predicted molar refractivity (Wildman–Crippen MR) is 115 cm³/mol. The summed E-state index contributed by atoms with van der Waals surface area (Å²) in [5.41, 5.74) is 0.762. The molecule has 0 spiro atoms. The number of pyridine rings is 1. The van der Waals surface area contributed by atoms with Gasteiger partial charge in [-0.15, -0.1) is 0 Å². The van der Waals surface area contributed by atoms with Gasteiger partial charge in [0.25, 0.3) is 0 Å². The molecule has 28 heavy (non-hydrogen) atoms. The average molecular weight is 525 g/mol. The van der Waals surface area contributed by atoms with Gasteiger partial charge in [0.15, 0.2) is 0 Å². The molecule has 0 bridgehead atoms. The van der Waals surface area contributed by atoms with Crippen LogP contribution in [0.1, 0.15) is 15.9 Å². The Morgan fingerprint density at radius 2 is 1.82 bits per heavy atom. The molecular weight excluding hydrogens is 511 g/mol. The topological polar surface area (TPSA) is 68.3 Å². The van der Waals surface area contributed by atoms with Gasteiger partial charge in [0.05, 0.1) is 21.5 Å². The molecule has 0 fully saturated rings. The van der Waals surface area contributed by atoms with Crippen LogP contribution in [-0.2, 0) is 11.2 Å². The lowest BCUT2D eigenvalue weighted by molar-refractivity contribution is -0.115. The van der Waals surface area contributed by atoms with Gasteiger partial charge >= 0.3 is 5.97 Å². The standard InChI is InChI=1S/C20H13Br2ClN2O3/c21-13-9-12(10-18(26)25-17-7-3-4-8-24-17)19(15(22)11-13)28-20(27)14-5-1-2-6-16(14)23/h1-9,11H,10H2,(H,24,25,26). The summed E-state index contributed by atoms with van der Waals surface area (Å²) < 4.78 is 6.83. The fourth-order valence-electron chi connectivity index (χ4n) is 2.43. The van der Waals surface area contributed by atoms with E-state index in [4.69, 9.17) is 16.3 Å². The van der Waals surface area contributed by atoms with Crippen LogP contribution in [0.25, 0.3) is 0 Å². The van der Waals surface area contributed by atoms with Gasteiger partial charge in [0.2, 0.25) is 5.91 Å². The average Bonchev–Trinajstić information content (AvgIpc) is 2.65. The maximum atomic E-state index is 12.6. The number of amides is 1. The fourth-order valence-corrected chi connectivity index (χ4v) is 4.04.